The SMILES string of the molecule is CN1CCN(C(=N)C(F)(F)F)CC1. The zero-order valence-electron chi connectivity index (χ0n) is 7.36. The number of likely N-dealkylation sites (N-methyl/N-ethyl adjacent to an activating group) is 1. The molecule has 1 fully saturated rings. The molecule has 0 spiro atoms. The number of nitrogens with one attached hydrogen (secondary N) is 1. The predicted molar refractivity (Wildman–Crippen MR) is 42.9 cm³/mol. The quantitative estimate of drug-likeness (QED) is 0.457. The maximum absolute atomic E-state index is 12.1. The van der Waals surface area contributed by atoms with E-state index in [-0.39, 0.29) is 13.1 Å². The molecule has 0 aromatic heterocycles. The molecule has 0 bridgehead atoms. The zero-order valence-corrected chi connectivity index (χ0v) is 7.36. The molecule has 1 rings (SSSR count). The Bertz CT molecular complexity index is 194. The lowest BCUT2D eigenvalue weighted by Gasteiger charge is -2.34. The Labute approximate surface area is 74.6 Å². The highest BCUT2D eigenvalue weighted by atomic mass is 19.4. The normalized spacial score (nSPS) is 20.5. The Morgan fingerprint density at radius 2 is 1.62 bits per heavy atom. The molecule has 0 atom stereocenters. The summed E-state index contributed by atoms with van der Waals surface area (Å²) in [5.74, 6) is -1.22. The molecule has 6 heteroatoms. The van der Waals surface area contributed by atoms with Gasteiger partial charge in [0.25, 0.3) is 0 Å². The summed E-state index contributed by atoms with van der Waals surface area (Å²) in [6.45, 7) is 1.74. The average Bonchev–Trinajstić information content (AvgIpc) is 2.03. The van der Waals surface area contributed by atoms with Crippen LogP contribution in [0.15, 0.2) is 0 Å². The molecule has 1 N–H and O–H groups in total. The first-order valence-corrected chi connectivity index (χ1v) is 4.00. The van der Waals surface area contributed by atoms with E-state index in [1.165, 1.54) is 0 Å². The smallest absolute Gasteiger partial charge is 0.350 e. The molecule has 76 valence electrons. The molecular weight excluding hydrogens is 183 g/mol. The largest absolute Gasteiger partial charge is 0.448 e. The van der Waals surface area contributed by atoms with Crippen molar-refractivity contribution in [2.75, 3.05) is 33.2 Å². The first kappa shape index (κ1) is 10.3. The van der Waals surface area contributed by atoms with E-state index in [1.807, 2.05) is 11.9 Å². The van der Waals surface area contributed by atoms with Crippen LogP contribution >= 0.6 is 0 Å². The molecule has 1 aliphatic heterocycles. The lowest BCUT2D eigenvalue weighted by Crippen LogP contribution is -2.50. The van der Waals surface area contributed by atoms with Gasteiger partial charge in [0.15, 0.2) is 0 Å². The number of piperazine rings is 1. The summed E-state index contributed by atoms with van der Waals surface area (Å²) in [5, 5.41) is 6.88. The van der Waals surface area contributed by atoms with Crippen molar-refractivity contribution in [3.8, 4) is 0 Å². The van der Waals surface area contributed by atoms with Crippen molar-refractivity contribution in [1.29, 1.82) is 5.41 Å². The van der Waals surface area contributed by atoms with Crippen molar-refractivity contribution >= 4 is 5.84 Å². The van der Waals surface area contributed by atoms with Crippen LogP contribution in [0.25, 0.3) is 0 Å². The topological polar surface area (TPSA) is 30.3 Å². The van der Waals surface area contributed by atoms with Crippen molar-refractivity contribution in [1.82, 2.24) is 9.80 Å². The van der Waals surface area contributed by atoms with Crippen LogP contribution in [0.3, 0.4) is 0 Å². The highest BCUT2D eigenvalue weighted by Crippen LogP contribution is 2.19. The summed E-state index contributed by atoms with van der Waals surface area (Å²) in [7, 11) is 1.86. The van der Waals surface area contributed by atoms with Crippen LogP contribution < -0.4 is 0 Å². The number of alkyl halides is 3. The zero-order chi connectivity index (χ0) is 10.1. The third kappa shape index (κ3) is 2.58. The van der Waals surface area contributed by atoms with Crippen LogP contribution in [0, 0.1) is 5.41 Å². The van der Waals surface area contributed by atoms with Gasteiger partial charge in [-0.15, -0.1) is 0 Å². The van der Waals surface area contributed by atoms with Gasteiger partial charge in [-0.1, -0.05) is 0 Å². The molecule has 0 saturated carbocycles. The second-order valence-electron chi connectivity index (χ2n) is 3.14. The molecule has 1 aliphatic rings. The van der Waals surface area contributed by atoms with Gasteiger partial charge in [0, 0.05) is 26.2 Å². The summed E-state index contributed by atoms with van der Waals surface area (Å²) in [5.41, 5.74) is 0. The Hall–Kier alpha value is -0.780. The summed E-state index contributed by atoms with van der Waals surface area (Å²) in [6.07, 6.45) is -4.50. The van der Waals surface area contributed by atoms with E-state index >= 15 is 0 Å². The Morgan fingerprint density at radius 1 is 1.15 bits per heavy atom. The first-order valence-electron chi connectivity index (χ1n) is 4.00. The Balaban J connectivity index is 2.50. The van der Waals surface area contributed by atoms with Crippen molar-refractivity contribution in [3.05, 3.63) is 0 Å². The van der Waals surface area contributed by atoms with Gasteiger partial charge in [-0.05, 0) is 7.05 Å². The highest BCUT2D eigenvalue weighted by Gasteiger charge is 2.38. The van der Waals surface area contributed by atoms with Gasteiger partial charge in [-0.3, -0.25) is 5.41 Å². The standard InChI is InChI=1S/C7H12F3N3/c1-12-2-4-13(5-3-12)6(11)7(8,9)10/h11H,2-5H2,1H3. The fraction of sp³-hybridized carbons (Fsp3) is 0.857. The van der Waals surface area contributed by atoms with Gasteiger partial charge in [0.1, 0.15) is 0 Å². The summed E-state index contributed by atoms with van der Waals surface area (Å²) < 4.78 is 36.2. The summed E-state index contributed by atoms with van der Waals surface area (Å²) in [6, 6.07) is 0. The molecule has 3 nitrogen and oxygen atoms in total. The minimum atomic E-state index is -4.50. The van der Waals surface area contributed by atoms with Crippen molar-refractivity contribution in [2.24, 2.45) is 0 Å². The molecule has 1 saturated heterocycles. The van der Waals surface area contributed by atoms with E-state index in [2.05, 4.69) is 0 Å². The van der Waals surface area contributed by atoms with Gasteiger partial charge in [0.2, 0.25) is 5.84 Å². The maximum Gasteiger partial charge on any atom is 0.448 e. The molecule has 0 aliphatic carbocycles. The number of nitrogens with zero attached hydrogens (tertiary/aromatic N) is 2. The lowest BCUT2D eigenvalue weighted by molar-refractivity contribution is -0.0713. The van der Waals surface area contributed by atoms with Crippen LogP contribution in [-0.2, 0) is 0 Å². The maximum atomic E-state index is 12.1. The minimum Gasteiger partial charge on any atom is -0.350 e. The third-order valence-electron chi connectivity index (χ3n) is 2.09. The van der Waals surface area contributed by atoms with E-state index in [4.69, 9.17) is 5.41 Å². The van der Waals surface area contributed by atoms with Crippen LogP contribution in [-0.4, -0.2) is 55.0 Å². The molecule has 0 amide bonds. The lowest BCUT2D eigenvalue weighted by atomic mass is 10.3. The number of amidine groups is 1. The molecule has 0 radical (unpaired) electrons. The van der Waals surface area contributed by atoms with E-state index in [9.17, 15) is 13.2 Å². The number of rotatable bonds is 0. The summed E-state index contributed by atoms with van der Waals surface area (Å²) in [4.78, 5) is 3.01. The first-order chi connectivity index (χ1) is 5.91. The van der Waals surface area contributed by atoms with Crippen molar-refractivity contribution in [2.45, 2.75) is 6.18 Å². The fourth-order valence-corrected chi connectivity index (χ4v) is 1.21. The molecular formula is C7H12F3N3. The van der Waals surface area contributed by atoms with Gasteiger partial charge in [-0.25, -0.2) is 0 Å². The number of hydrogen-bond acceptors (Lipinski definition) is 2. The number of hydrogen-bond donors (Lipinski definition) is 1. The molecule has 13 heavy (non-hydrogen) atoms. The minimum absolute atomic E-state index is 0.287. The van der Waals surface area contributed by atoms with Gasteiger partial charge in [0.05, 0.1) is 0 Å². The third-order valence-corrected chi connectivity index (χ3v) is 2.09. The van der Waals surface area contributed by atoms with Crippen molar-refractivity contribution in [3.63, 3.8) is 0 Å². The van der Waals surface area contributed by atoms with Gasteiger partial charge < -0.3 is 9.80 Å². The van der Waals surface area contributed by atoms with E-state index in [0.29, 0.717) is 13.1 Å². The molecule has 0 unspecified atom stereocenters. The van der Waals surface area contributed by atoms with E-state index < -0.39 is 12.0 Å². The predicted octanol–water partition coefficient (Wildman–Crippen LogP) is 0.773. The average molecular weight is 195 g/mol. The van der Waals surface area contributed by atoms with Crippen LogP contribution in [0.1, 0.15) is 0 Å². The Morgan fingerprint density at radius 3 is 2.00 bits per heavy atom. The van der Waals surface area contributed by atoms with Gasteiger partial charge in [-0.2, -0.15) is 13.2 Å². The Kier molecular flexibility index (Phi) is 2.80. The number of halogens is 3. The second-order valence-corrected chi connectivity index (χ2v) is 3.14. The fourth-order valence-electron chi connectivity index (χ4n) is 1.21. The van der Waals surface area contributed by atoms with E-state index in [1.54, 1.807) is 0 Å². The summed E-state index contributed by atoms with van der Waals surface area (Å²) >= 11 is 0. The van der Waals surface area contributed by atoms with E-state index in [0.717, 1.165) is 4.90 Å². The monoisotopic (exact) mass is 195 g/mol. The van der Waals surface area contributed by atoms with Crippen molar-refractivity contribution < 1.29 is 13.2 Å². The van der Waals surface area contributed by atoms with Gasteiger partial charge >= 0.3 is 6.18 Å². The van der Waals surface area contributed by atoms with Crippen LogP contribution in [0.5, 0.6) is 0 Å². The second kappa shape index (κ2) is 3.53. The van der Waals surface area contributed by atoms with Crippen LogP contribution in [0.2, 0.25) is 0 Å². The van der Waals surface area contributed by atoms with Crippen LogP contribution in [0.4, 0.5) is 13.2 Å². The molecule has 0 aromatic carbocycles. The highest BCUT2D eigenvalue weighted by molar-refractivity contribution is 5.84. The molecule has 0 aromatic rings. The molecule has 1 heterocycles.